The van der Waals surface area contributed by atoms with Crippen molar-refractivity contribution < 1.29 is 9.53 Å². The van der Waals surface area contributed by atoms with Gasteiger partial charge in [-0.2, -0.15) is 5.10 Å². The molecule has 0 unspecified atom stereocenters. The maximum Gasteiger partial charge on any atom is 0.311 e. The number of anilines is 1. The summed E-state index contributed by atoms with van der Waals surface area (Å²) in [5, 5.41) is 6.77. The number of thiazole rings is 1. The minimum absolute atomic E-state index is 0.184. The highest BCUT2D eigenvalue weighted by Gasteiger charge is 2.08. The van der Waals surface area contributed by atoms with Gasteiger partial charge in [-0.05, 0) is 50.0 Å². The van der Waals surface area contributed by atoms with Gasteiger partial charge in [-0.3, -0.25) is 15.1 Å². The highest BCUT2D eigenvalue weighted by atomic mass is 32.1. The Morgan fingerprint density at radius 1 is 1.29 bits per heavy atom. The number of aromatic nitrogens is 1. The molecular weight excluding hydrogens is 372 g/mol. The van der Waals surface area contributed by atoms with Crippen LogP contribution in [-0.2, 0) is 22.5 Å². The molecule has 1 heterocycles. The highest BCUT2D eigenvalue weighted by Crippen LogP contribution is 2.16. The zero-order valence-electron chi connectivity index (χ0n) is 17.0. The van der Waals surface area contributed by atoms with E-state index in [9.17, 15) is 4.79 Å². The molecule has 0 saturated heterocycles. The number of carbonyl (C=O) groups excluding carboxylic acids is 1. The maximum absolute atomic E-state index is 11.5. The third-order valence-corrected chi connectivity index (χ3v) is 4.79. The monoisotopic (exact) mass is 402 g/mol. The number of rotatable bonds is 12. The van der Waals surface area contributed by atoms with Crippen molar-refractivity contribution in [1.29, 1.82) is 0 Å². The van der Waals surface area contributed by atoms with E-state index in [4.69, 9.17) is 4.74 Å². The summed E-state index contributed by atoms with van der Waals surface area (Å²) in [6.45, 7) is 9.80. The number of hydrogen-bond donors (Lipinski definition) is 1. The molecule has 0 radical (unpaired) electrons. The summed E-state index contributed by atoms with van der Waals surface area (Å²) < 4.78 is 4.94. The van der Waals surface area contributed by atoms with Crippen LogP contribution < -0.4 is 5.43 Å². The standard InChI is InChI=1S/C21H30N4O2S/c1-4-10-25(11-5-2)15-18-9-7-8-17(12-18)14-22-24-21-23-19(16-28-21)13-20(26)27-6-3/h7-9,12,14,16H,4-6,10-11,13,15H2,1-3H3,(H,23,24). The summed E-state index contributed by atoms with van der Waals surface area (Å²) in [5.41, 5.74) is 5.96. The Morgan fingerprint density at radius 2 is 2.07 bits per heavy atom. The highest BCUT2D eigenvalue weighted by molar-refractivity contribution is 7.13. The average Bonchev–Trinajstić information content (AvgIpc) is 3.10. The summed E-state index contributed by atoms with van der Waals surface area (Å²) in [7, 11) is 0. The first kappa shape index (κ1) is 22.0. The predicted molar refractivity (Wildman–Crippen MR) is 116 cm³/mol. The Hall–Kier alpha value is -2.25. The molecule has 0 bridgehead atoms. The molecule has 0 aliphatic rings. The molecule has 28 heavy (non-hydrogen) atoms. The van der Waals surface area contributed by atoms with Crippen LogP contribution in [0.2, 0.25) is 0 Å². The van der Waals surface area contributed by atoms with Crippen LogP contribution in [0.15, 0.2) is 34.7 Å². The first-order chi connectivity index (χ1) is 13.6. The molecule has 0 atom stereocenters. The molecule has 0 spiro atoms. The van der Waals surface area contributed by atoms with E-state index in [1.54, 1.807) is 13.1 Å². The van der Waals surface area contributed by atoms with Crippen molar-refractivity contribution in [1.82, 2.24) is 9.88 Å². The number of nitrogens with one attached hydrogen (secondary N) is 1. The number of nitrogens with zero attached hydrogens (tertiary/aromatic N) is 3. The number of benzene rings is 1. The zero-order chi connectivity index (χ0) is 20.2. The van der Waals surface area contributed by atoms with Gasteiger partial charge in [0, 0.05) is 11.9 Å². The van der Waals surface area contributed by atoms with Crippen molar-refractivity contribution in [3.63, 3.8) is 0 Å². The van der Waals surface area contributed by atoms with Crippen LogP contribution in [0.5, 0.6) is 0 Å². The van der Waals surface area contributed by atoms with Crippen LogP contribution in [0, 0.1) is 0 Å². The van der Waals surface area contributed by atoms with E-state index in [-0.39, 0.29) is 12.4 Å². The van der Waals surface area contributed by atoms with E-state index in [1.807, 2.05) is 11.4 Å². The van der Waals surface area contributed by atoms with Crippen molar-refractivity contribution in [2.45, 2.75) is 46.6 Å². The molecule has 2 aromatic rings. The lowest BCUT2D eigenvalue weighted by Crippen LogP contribution is -2.24. The predicted octanol–water partition coefficient (Wildman–Crippen LogP) is 4.32. The SMILES string of the molecule is CCCN(CCC)Cc1cccc(C=NNc2nc(CC(=O)OCC)cs2)c1. The van der Waals surface area contributed by atoms with E-state index in [1.165, 1.54) is 16.9 Å². The Bertz CT molecular complexity index is 754. The molecule has 0 aliphatic heterocycles. The second-order valence-electron chi connectivity index (χ2n) is 6.52. The van der Waals surface area contributed by atoms with Crippen molar-refractivity contribution in [2.24, 2.45) is 5.10 Å². The number of hydrazone groups is 1. The van der Waals surface area contributed by atoms with Gasteiger partial charge in [0.15, 0.2) is 0 Å². The number of carbonyl (C=O) groups is 1. The summed E-state index contributed by atoms with van der Waals surface area (Å²) in [4.78, 5) is 18.3. The molecule has 0 aliphatic carbocycles. The van der Waals surface area contributed by atoms with Crippen LogP contribution in [0.25, 0.3) is 0 Å². The third-order valence-electron chi connectivity index (χ3n) is 3.99. The normalized spacial score (nSPS) is 11.3. The molecule has 1 aromatic carbocycles. The summed E-state index contributed by atoms with van der Waals surface area (Å²) in [6, 6.07) is 8.42. The van der Waals surface area contributed by atoms with Gasteiger partial charge in [-0.15, -0.1) is 11.3 Å². The van der Waals surface area contributed by atoms with Crippen molar-refractivity contribution in [3.05, 3.63) is 46.5 Å². The number of ether oxygens (including phenoxy) is 1. The van der Waals surface area contributed by atoms with Crippen LogP contribution >= 0.6 is 11.3 Å². The topological polar surface area (TPSA) is 66.8 Å². The lowest BCUT2D eigenvalue weighted by molar-refractivity contribution is -0.142. The summed E-state index contributed by atoms with van der Waals surface area (Å²) in [5.74, 6) is -0.264. The van der Waals surface area contributed by atoms with Gasteiger partial charge < -0.3 is 4.74 Å². The fourth-order valence-corrected chi connectivity index (χ4v) is 3.55. The largest absolute Gasteiger partial charge is 0.466 e. The van der Waals surface area contributed by atoms with Crippen molar-refractivity contribution >= 4 is 28.7 Å². The van der Waals surface area contributed by atoms with Gasteiger partial charge in [0.05, 0.1) is 24.9 Å². The number of esters is 1. The lowest BCUT2D eigenvalue weighted by Gasteiger charge is -2.21. The zero-order valence-corrected chi connectivity index (χ0v) is 17.8. The molecule has 1 aromatic heterocycles. The van der Waals surface area contributed by atoms with Crippen molar-refractivity contribution in [3.8, 4) is 0 Å². The van der Waals surface area contributed by atoms with Crippen LogP contribution in [0.1, 0.15) is 50.4 Å². The molecule has 0 saturated carbocycles. The number of hydrogen-bond acceptors (Lipinski definition) is 7. The fourth-order valence-electron chi connectivity index (χ4n) is 2.89. The van der Waals surface area contributed by atoms with Crippen LogP contribution in [-0.4, -0.2) is 41.8 Å². The molecule has 152 valence electrons. The third kappa shape index (κ3) is 7.78. The van der Waals surface area contributed by atoms with Crippen molar-refractivity contribution in [2.75, 3.05) is 25.1 Å². The fraction of sp³-hybridized carbons (Fsp3) is 0.476. The van der Waals surface area contributed by atoms with E-state index in [0.29, 0.717) is 17.4 Å². The van der Waals surface area contributed by atoms with E-state index in [0.717, 1.165) is 38.0 Å². The maximum atomic E-state index is 11.5. The minimum atomic E-state index is -0.264. The van der Waals surface area contributed by atoms with E-state index >= 15 is 0 Å². The quantitative estimate of drug-likeness (QED) is 0.325. The Kier molecular flexibility index (Phi) is 9.65. The van der Waals surface area contributed by atoms with E-state index < -0.39 is 0 Å². The van der Waals surface area contributed by atoms with Gasteiger partial charge in [-0.25, -0.2) is 4.98 Å². The van der Waals surface area contributed by atoms with Gasteiger partial charge >= 0.3 is 5.97 Å². The molecular formula is C21H30N4O2S. The van der Waals surface area contributed by atoms with Gasteiger partial charge in [-0.1, -0.05) is 32.0 Å². The second-order valence-corrected chi connectivity index (χ2v) is 7.38. The smallest absolute Gasteiger partial charge is 0.311 e. The first-order valence-corrected chi connectivity index (χ1v) is 10.7. The molecule has 0 fully saturated rings. The molecule has 0 amide bonds. The Labute approximate surface area is 171 Å². The van der Waals surface area contributed by atoms with Crippen LogP contribution in [0.4, 0.5) is 5.13 Å². The molecule has 6 nitrogen and oxygen atoms in total. The molecule has 1 N–H and O–H groups in total. The van der Waals surface area contributed by atoms with Gasteiger partial charge in [0.1, 0.15) is 0 Å². The second kappa shape index (κ2) is 12.3. The summed E-state index contributed by atoms with van der Waals surface area (Å²) >= 11 is 1.42. The average molecular weight is 403 g/mol. The Morgan fingerprint density at radius 3 is 2.79 bits per heavy atom. The minimum Gasteiger partial charge on any atom is -0.466 e. The van der Waals surface area contributed by atoms with Gasteiger partial charge in [0.2, 0.25) is 5.13 Å². The van der Waals surface area contributed by atoms with E-state index in [2.05, 4.69) is 52.5 Å². The van der Waals surface area contributed by atoms with Gasteiger partial charge in [0.25, 0.3) is 0 Å². The summed E-state index contributed by atoms with van der Waals surface area (Å²) in [6.07, 6.45) is 4.30. The first-order valence-electron chi connectivity index (χ1n) is 9.85. The van der Waals surface area contributed by atoms with Crippen LogP contribution in [0.3, 0.4) is 0 Å². The molecule has 2 rings (SSSR count). The molecule has 7 heteroatoms. The lowest BCUT2D eigenvalue weighted by atomic mass is 10.1. The Balaban J connectivity index is 1.90.